The number of aldehydes is 1. The van der Waals surface area contributed by atoms with Crippen molar-refractivity contribution < 1.29 is 4.79 Å². The second-order valence-corrected chi connectivity index (χ2v) is 4.64. The molecule has 1 heteroatoms. The van der Waals surface area contributed by atoms with E-state index in [1.165, 1.54) is 11.1 Å². The van der Waals surface area contributed by atoms with E-state index in [1.807, 2.05) is 19.1 Å². The van der Waals surface area contributed by atoms with Gasteiger partial charge in [0.1, 0.15) is 6.29 Å². The second kappa shape index (κ2) is 4.09. The van der Waals surface area contributed by atoms with Crippen LogP contribution < -0.4 is 0 Å². The first-order valence-corrected chi connectivity index (χ1v) is 5.55. The lowest BCUT2D eigenvalue weighted by molar-refractivity contribution is -0.111. The standard InChI is InChI=1S/C15H16O/c1-12-4-3-5-14(10-12)13-6-8-15(2,11-16)9-7-13/h3-11,13H,1-2H3. The topological polar surface area (TPSA) is 17.1 Å². The molecule has 82 valence electrons. The van der Waals surface area contributed by atoms with Gasteiger partial charge in [0.05, 0.1) is 5.41 Å². The first-order chi connectivity index (χ1) is 7.63. The minimum atomic E-state index is -0.416. The fourth-order valence-corrected chi connectivity index (χ4v) is 1.92. The van der Waals surface area contributed by atoms with Gasteiger partial charge < -0.3 is 4.79 Å². The SMILES string of the molecule is Cc1cccc(C2C=CC(C)(C=O)C=C2)c1. The molecule has 1 aromatic carbocycles. The molecule has 2 rings (SSSR count). The number of carbonyl (C=O) groups excluding carboxylic acids is 1. The monoisotopic (exact) mass is 212 g/mol. The highest BCUT2D eigenvalue weighted by molar-refractivity contribution is 5.66. The molecule has 0 radical (unpaired) electrons. The van der Waals surface area contributed by atoms with Gasteiger partial charge in [0.15, 0.2) is 0 Å². The van der Waals surface area contributed by atoms with Crippen LogP contribution in [-0.4, -0.2) is 6.29 Å². The third-order valence-electron chi connectivity index (χ3n) is 3.01. The predicted molar refractivity (Wildman–Crippen MR) is 66.4 cm³/mol. The second-order valence-electron chi connectivity index (χ2n) is 4.64. The molecule has 0 fully saturated rings. The summed E-state index contributed by atoms with van der Waals surface area (Å²) < 4.78 is 0. The van der Waals surface area contributed by atoms with Crippen molar-refractivity contribution in [3.63, 3.8) is 0 Å². The molecule has 0 saturated heterocycles. The van der Waals surface area contributed by atoms with Crippen molar-refractivity contribution in [1.82, 2.24) is 0 Å². The maximum atomic E-state index is 10.9. The normalized spacial score (nSPS) is 28.0. The van der Waals surface area contributed by atoms with Crippen molar-refractivity contribution in [2.45, 2.75) is 19.8 Å². The third kappa shape index (κ3) is 2.13. The van der Waals surface area contributed by atoms with Crippen LogP contribution in [0.2, 0.25) is 0 Å². The van der Waals surface area contributed by atoms with E-state index in [2.05, 4.69) is 43.3 Å². The summed E-state index contributed by atoms with van der Waals surface area (Å²) in [5, 5.41) is 0. The summed E-state index contributed by atoms with van der Waals surface area (Å²) in [6, 6.07) is 8.47. The van der Waals surface area contributed by atoms with Crippen molar-refractivity contribution >= 4 is 6.29 Å². The third-order valence-corrected chi connectivity index (χ3v) is 3.01. The predicted octanol–water partition coefficient (Wildman–Crippen LogP) is 3.41. The van der Waals surface area contributed by atoms with Gasteiger partial charge in [-0.15, -0.1) is 0 Å². The van der Waals surface area contributed by atoms with Crippen LogP contribution in [0.1, 0.15) is 24.0 Å². The van der Waals surface area contributed by atoms with Gasteiger partial charge in [-0.3, -0.25) is 0 Å². The van der Waals surface area contributed by atoms with Gasteiger partial charge in [-0.1, -0.05) is 54.1 Å². The van der Waals surface area contributed by atoms with Crippen LogP contribution in [-0.2, 0) is 4.79 Å². The van der Waals surface area contributed by atoms with Crippen LogP contribution in [0, 0.1) is 12.3 Å². The molecule has 0 aliphatic heterocycles. The Morgan fingerprint density at radius 3 is 2.50 bits per heavy atom. The first kappa shape index (κ1) is 10.9. The minimum absolute atomic E-state index is 0.299. The van der Waals surface area contributed by atoms with E-state index in [1.54, 1.807) is 0 Å². The van der Waals surface area contributed by atoms with Crippen molar-refractivity contribution in [2.24, 2.45) is 5.41 Å². The molecule has 0 N–H and O–H groups in total. The molecule has 0 bridgehead atoms. The number of carbonyl (C=O) groups is 1. The Balaban J connectivity index is 2.25. The van der Waals surface area contributed by atoms with Gasteiger partial charge in [0, 0.05) is 5.92 Å². The minimum Gasteiger partial charge on any atom is -0.302 e. The number of rotatable bonds is 2. The van der Waals surface area contributed by atoms with E-state index in [0.29, 0.717) is 5.92 Å². The highest BCUT2D eigenvalue weighted by Gasteiger charge is 2.20. The van der Waals surface area contributed by atoms with Crippen molar-refractivity contribution in [3.05, 3.63) is 59.7 Å². The molecule has 0 saturated carbocycles. The van der Waals surface area contributed by atoms with Crippen molar-refractivity contribution in [3.8, 4) is 0 Å². The maximum Gasteiger partial charge on any atom is 0.133 e. The fraction of sp³-hybridized carbons (Fsp3) is 0.267. The smallest absolute Gasteiger partial charge is 0.133 e. The number of hydrogen-bond donors (Lipinski definition) is 0. The van der Waals surface area contributed by atoms with E-state index in [0.717, 1.165) is 6.29 Å². The van der Waals surface area contributed by atoms with Crippen LogP contribution in [0.25, 0.3) is 0 Å². The Kier molecular flexibility index (Phi) is 2.78. The Morgan fingerprint density at radius 2 is 1.94 bits per heavy atom. The number of hydrogen-bond acceptors (Lipinski definition) is 1. The fourth-order valence-electron chi connectivity index (χ4n) is 1.92. The van der Waals surface area contributed by atoms with Crippen molar-refractivity contribution in [1.29, 1.82) is 0 Å². The average molecular weight is 212 g/mol. The molecule has 1 nitrogen and oxygen atoms in total. The zero-order valence-corrected chi connectivity index (χ0v) is 9.68. The lowest BCUT2D eigenvalue weighted by atomic mass is 9.82. The van der Waals surface area contributed by atoms with E-state index >= 15 is 0 Å². The molecule has 0 heterocycles. The molecule has 0 atom stereocenters. The molecule has 0 unspecified atom stereocenters. The maximum absolute atomic E-state index is 10.9. The zero-order chi connectivity index (χ0) is 11.6. The van der Waals surface area contributed by atoms with Crippen LogP contribution >= 0.6 is 0 Å². The molecule has 0 spiro atoms. The molecule has 0 amide bonds. The molecule has 1 aliphatic rings. The van der Waals surface area contributed by atoms with Gasteiger partial charge in [0.2, 0.25) is 0 Å². The van der Waals surface area contributed by atoms with Gasteiger partial charge in [-0.05, 0) is 19.4 Å². The van der Waals surface area contributed by atoms with Crippen LogP contribution in [0.3, 0.4) is 0 Å². The molecule has 1 aliphatic carbocycles. The molecular weight excluding hydrogens is 196 g/mol. The summed E-state index contributed by atoms with van der Waals surface area (Å²) in [6.45, 7) is 4.01. The number of aryl methyl sites for hydroxylation is 1. The van der Waals surface area contributed by atoms with E-state index < -0.39 is 5.41 Å². The van der Waals surface area contributed by atoms with Gasteiger partial charge in [-0.25, -0.2) is 0 Å². The van der Waals surface area contributed by atoms with Gasteiger partial charge in [-0.2, -0.15) is 0 Å². The quantitative estimate of drug-likeness (QED) is 0.542. The zero-order valence-electron chi connectivity index (χ0n) is 9.68. The summed E-state index contributed by atoms with van der Waals surface area (Å²) in [7, 11) is 0. The summed E-state index contributed by atoms with van der Waals surface area (Å²) in [4.78, 5) is 10.9. The lowest BCUT2D eigenvalue weighted by Crippen LogP contribution is -2.14. The number of allylic oxidation sites excluding steroid dienone is 4. The largest absolute Gasteiger partial charge is 0.302 e. The Labute approximate surface area is 96.5 Å². The summed E-state index contributed by atoms with van der Waals surface area (Å²) in [5.74, 6) is 0.299. The van der Waals surface area contributed by atoms with Crippen LogP contribution in [0.4, 0.5) is 0 Å². The summed E-state index contributed by atoms with van der Waals surface area (Å²) >= 11 is 0. The summed E-state index contributed by atoms with van der Waals surface area (Å²) in [6.07, 6.45) is 9.14. The molecule has 16 heavy (non-hydrogen) atoms. The average Bonchev–Trinajstić information content (AvgIpc) is 2.30. The Bertz CT molecular complexity index is 440. The highest BCUT2D eigenvalue weighted by Crippen LogP contribution is 2.30. The van der Waals surface area contributed by atoms with Gasteiger partial charge >= 0.3 is 0 Å². The van der Waals surface area contributed by atoms with Crippen LogP contribution in [0.5, 0.6) is 0 Å². The number of benzene rings is 1. The van der Waals surface area contributed by atoms with Crippen LogP contribution in [0.15, 0.2) is 48.6 Å². The van der Waals surface area contributed by atoms with Gasteiger partial charge in [0.25, 0.3) is 0 Å². The molecule has 0 aromatic heterocycles. The van der Waals surface area contributed by atoms with E-state index in [4.69, 9.17) is 0 Å². The molecular formula is C15H16O. The molecule has 1 aromatic rings. The van der Waals surface area contributed by atoms with E-state index in [9.17, 15) is 4.79 Å². The summed E-state index contributed by atoms with van der Waals surface area (Å²) in [5.41, 5.74) is 2.13. The Morgan fingerprint density at radius 1 is 1.25 bits per heavy atom. The lowest BCUT2D eigenvalue weighted by Gasteiger charge is -2.21. The Hall–Kier alpha value is -1.63. The first-order valence-electron chi connectivity index (χ1n) is 5.55. The van der Waals surface area contributed by atoms with E-state index in [-0.39, 0.29) is 0 Å². The highest BCUT2D eigenvalue weighted by atomic mass is 16.1. The van der Waals surface area contributed by atoms with Crippen molar-refractivity contribution in [2.75, 3.05) is 0 Å².